The SMILES string of the molecule is CO[C@H]1C[C@@H]2CC[C@@H](C)[C@@](O)(O2)C(=O)C(=O)N2CCCC[C@H]2C(=O)OC([C@H](N)C[C@@H]2CC[C@H](n3nncc3-c3cccc(-c4cnc(N5CCN(Cc6cn(CCOCCOCCOCCOCCOCCC(=O)NCCCCn7nc(-c8ccc9oc(N)nc9c8)c8c(N)ncnc87)nn6)C(CO)C5)nc4)c3)[C@H](OC)C2)CC(=O)[C@H](C)/C=C(\C)[C@@H](O)[C@@H](OC)C(=O)[C@H](C)C[C@H](C)/C=C/C=C/C=C/1C. The monoisotopic (exact) mass is 1930 g/mol. The zero-order valence-corrected chi connectivity index (χ0v) is 81.3. The van der Waals surface area contributed by atoms with E-state index in [1.54, 1.807) is 82.0 Å². The Morgan fingerprint density at radius 2 is 1.49 bits per heavy atom. The van der Waals surface area contributed by atoms with E-state index in [4.69, 9.17) is 84.1 Å². The van der Waals surface area contributed by atoms with Gasteiger partial charge in [-0.2, -0.15) is 10.1 Å². The summed E-state index contributed by atoms with van der Waals surface area (Å²) in [5.41, 5.74) is 27.7. The lowest BCUT2D eigenvalue weighted by Gasteiger charge is -2.42. The molecule has 4 aliphatic heterocycles. The number of benzene rings is 2. The Hall–Kier alpha value is -11.0. The third-order valence-electron chi connectivity index (χ3n) is 27.1. The number of piperazine rings is 1. The lowest BCUT2D eigenvalue weighted by Crippen LogP contribution is -2.61. The molecular weight excluding hydrogens is 1790 g/mol. The maximum Gasteiger partial charge on any atom is 0.329 e. The number of carbonyl (C=O) groups is 6. The molecule has 13 rings (SSSR count). The summed E-state index contributed by atoms with van der Waals surface area (Å²) in [6.07, 6.45) is 20.4. The van der Waals surface area contributed by atoms with E-state index in [9.17, 15) is 44.1 Å². The standard InChI is InChI=1S/C99H138N20O20/c1-62-18-11-10-12-19-63(2)83(129-7)52-75-26-23-67(6)99(128,139-75)92(125)95(126)117-31-15-13-22-79(117)96(127)137-84(53-81(121)64(3)47-66(5)90(124)91(131-9)89(123)65(4)46-62)76(100)48-68-24-27-78(85(49-68)130-8)119-80(56-108-112-119)70-21-17-20-69(50-70)72-54-104-98(105-55-72)115-34-33-114(74(59-115)60-120)57-73-58-116(113-110-73)35-37-133-39-41-135-43-45-136-44-42-134-40-38-132-36-29-86(122)103-30-14-16-32-118-94-87(93(101)106-61-107-94)88(111-118)71-25-28-82-77(51-71)109-97(102)138-82/h10-12,17-21,25,28,47,50-51,54-56,58,61-62,64-65,67-68,74-76,78-79,83-85,90-91,120,124,128H,13-16,22-24,26-27,29-46,48-49,52-53,57,59-60,100H2,1-9H3,(H2,102,109)(H,103,122)(H2,101,106,107)/b12-10+,18-11+,63-19+,66-47+/t62-,64-,65-,67-,68+,74?,75+,76-,78+,79+,83+,84?,85-,90-,91+,99-/m1/s1. The zero-order chi connectivity index (χ0) is 98.7. The van der Waals surface area contributed by atoms with Crippen LogP contribution in [0.3, 0.4) is 0 Å². The minimum Gasteiger partial charge on any atom is -0.459 e. The van der Waals surface area contributed by atoms with Gasteiger partial charge < -0.3 is 99.4 Å². The highest BCUT2D eigenvalue weighted by atomic mass is 16.6. The summed E-state index contributed by atoms with van der Waals surface area (Å²) in [4.78, 5) is 113. The van der Waals surface area contributed by atoms with E-state index < -0.39 is 83.8 Å². The lowest BCUT2D eigenvalue weighted by molar-refractivity contribution is -0.265. The first-order valence-corrected chi connectivity index (χ1v) is 48.6. The number of esters is 1. The van der Waals surface area contributed by atoms with Crippen molar-refractivity contribution in [3.05, 3.63) is 127 Å². The number of hydrogen-bond donors (Lipinski definition) is 7. The van der Waals surface area contributed by atoms with E-state index in [2.05, 4.69) is 50.7 Å². The number of unbranched alkanes of at least 4 members (excludes halogenated alkanes) is 1. The van der Waals surface area contributed by atoms with Gasteiger partial charge in [0.15, 0.2) is 17.0 Å². The first kappa shape index (κ1) is 105. The van der Waals surface area contributed by atoms with E-state index in [0.717, 1.165) is 57.0 Å². The normalized spacial score (nSPS) is 26.6. The van der Waals surface area contributed by atoms with E-state index in [0.29, 0.717) is 202 Å². The van der Waals surface area contributed by atoms with Crippen LogP contribution in [0, 0.1) is 29.6 Å². The molecule has 16 atom stereocenters. The van der Waals surface area contributed by atoms with Crippen molar-refractivity contribution in [1.29, 1.82) is 0 Å². The molecule has 1 saturated carbocycles. The third-order valence-corrected chi connectivity index (χ3v) is 27.1. The number of anilines is 3. The smallest absolute Gasteiger partial charge is 0.329 e. The Kier molecular flexibility index (Phi) is 39.0. The molecule has 10 heterocycles. The van der Waals surface area contributed by atoms with Crippen molar-refractivity contribution in [3.63, 3.8) is 0 Å². The molecule has 2 bridgehead atoms. The maximum atomic E-state index is 14.9. The molecule has 6 aromatic heterocycles. The van der Waals surface area contributed by atoms with Gasteiger partial charge in [0.05, 0.1) is 133 Å². The number of ketones is 3. The number of carbonyl (C=O) groups excluding carboxylic acids is 6. The lowest BCUT2D eigenvalue weighted by atomic mass is 9.79. The van der Waals surface area contributed by atoms with Crippen LogP contribution >= 0.6 is 0 Å². The van der Waals surface area contributed by atoms with Crippen molar-refractivity contribution in [2.24, 2.45) is 35.3 Å². The molecule has 2 aromatic carbocycles. The number of cyclic esters (lactones) is 1. The van der Waals surface area contributed by atoms with Crippen molar-refractivity contribution < 1.29 is 95.9 Å². The minimum absolute atomic E-state index is 0.0148. The summed E-state index contributed by atoms with van der Waals surface area (Å²) >= 11 is 0. The molecule has 5 aliphatic rings. The number of aromatic nitrogens is 13. The molecule has 4 fully saturated rings. The van der Waals surface area contributed by atoms with Crippen LogP contribution in [0.1, 0.15) is 150 Å². The minimum atomic E-state index is -2.51. The fourth-order valence-electron chi connectivity index (χ4n) is 19.0. The van der Waals surface area contributed by atoms with Gasteiger partial charge in [-0.3, -0.25) is 28.9 Å². The number of nitrogens with one attached hydrogen (secondary N) is 1. The number of fused-ring (bicyclic) bond motifs is 5. The molecule has 2 unspecified atom stereocenters. The second kappa shape index (κ2) is 51.5. The number of hydrogen-bond acceptors (Lipinski definition) is 35. The number of amides is 2. The Morgan fingerprint density at radius 3 is 2.23 bits per heavy atom. The van der Waals surface area contributed by atoms with Crippen LogP contribution in [0.15, 0.2) is 126 Å². The molecule has 0 spiro atoms. The van der Waals surface area contributed by atoms with Gasteiger partial charge in [0.25, 0.3) is 17.7 Å². The van der Waals surface area contributed by atoms with Crippen molar-refractivity contribution in [1.82, 2.24) is 79.8 Å². The fourth-order valence-corrected chi connectivity index (χ4v) is 19.0. The highest BCUT2D eigenvalue weighted by molar-refractivity contribution is 6.39. The number of allylic oxidation sites excluding steroid dienone is 6. The molecule has 10 N–H and O–H groups in total. The average molecular weight is 1930 g/mol. The average Bonchev–Trinajstić information content (AvgIpc) is 1.75. The van der Waals surface area contributed by atoms with Gasteiger partial charge in [0.2, 0.25) is 17.6 Å². The summed E-state index contributed by atoms with van der Waals surface area (Å²) in [6, 6.07) is 10.9. The Bertz CT molecular complexity index is 5490. The second-order valence-electron chi connectivity index (χ2n) is 37.1. The van der Waals surface area contributed by atoms with Gasteiger partial charge in [0, 0.05) is 145 Å². The number of piperidine rings is 1. The molecule has 139 heavy (non-hydrogen) atoms. The van der Waals surface area contributed by atoms with Gasteiger partial charge in [-0.1, -0.05) is 92.8 Å². The zero-order valence-electron chi connectivity index (χ0n) is 81.3. The molecule has 0 radical (unpaired) electrons. The van der Waals surface area contributed by atoms with E-state index in [-0.39, 0.29) is 105 Å². The predicted molar refractivity (Wildman–Crippen MR) is 515 cm³/mol. The van der Waals surface area contributed by atoms with Gasteiger partial charge in [-0.25, -0.2) is 38.8 Å². The third kappa shape index (κ3) is 28.1. The van der Waals surface area contributed by atoms with E-state index >= 15 is 0 Å². The highest BCUT2D eigenvalue weighted by Gasteiger charge is 2.53. The number of ether oxygens (including phenoxy) is 10. The van der Waals surface area contributed by atoms with Crippen molar-refractivity contribution in [3.8, 4) is 33.6 Å². The molecule has 40 heteroatoms. The number of methoxy groups -OCH3 is 3. The molecule has 8 aromatic rings. The van der Waals surface area contributed by atoms with Gasteiger partial charge in [-0.05, 0) is 144 Å². The van der Waals surface area contributed by atoms with Crippen LogP contribution < -0.4 is 27.4 Å². The molecule has 754 valence electrons. The highest BCUT2D eigenvalue weighted by Crippen LogP contribution is 2.42. The number of aryl methyl sites for hydroxylation is 1. The summed E-state index contributed by atoms with van der Waals surface area (Å²) in [5, 5.41) is 60.9. The Balaban J connectivity index is 0.524. The van der Waals surface area contributed by atoms with Crippen LogP contribution in [-0.4, -0.2) is 312 Å². The molecule has 3 saturated heterocycles. The Morgan fingerprint density at radius 1 is 0.741 bits per heavy atom. The van der Waals surface area contributed by atoms with E-state index in [1.165, 1.54) is 13.4 Å². The fraction of sp³-hybridized carbons (Fsp3) is 0.596. The molecule has 2 amide bonds. The molecule has 40 nitrogen and oxygen atoms in total. The van der Waals surface area contributed by atoms with Gasteiger partial charge >= 0.3 is 5.97 Å². The van der Waals surface area contributed by atoms with Crippen molar-refractivity contribution in [2.45, 2.75) is 224 Å². The summed E-state index contributed by atoms with van der Waals surface area (Å²) < 4.78 is 69.8. The largest absolute Gasteiger partial charge is 0.459 e. The predicted octanol–water partition coefficient (Wildman–Crippen LogP) is 7.92. The number of rotatable bonds is 37. The summed E-state index contributed by atoms with van der Waals surface area (Å²) in [7, 11) is 4.58. The van der Waals surface area contributed by atoms with Crippen LogP contribution in [0.5, 0.6) is 0 Å². The van der Waals surface area contributed by atoms with Crippen LogP contribution in [-0.2, 0) is 95.8 Å². The van der Waals surface area contributed by atoms with Gasteiger partial charge in [0.1, 0.15) is 53.5 Å². The Labute approximate surface area is 809 Å². The van der Waals surface area contributed by atoms with E-state index in [1.807, 2.05) is 91.5 Å². The topological polar surface area (TPSA) is 512 Å². The number of aliphatic hydroxyl groups is 3. The number of Topliss-reactive ketones (excluding diaryl/α,β-unsaturated/α-hetero) is 3. The second-order valence-corrected chi connectivity index (χ2v) is 37.1. The molecular formula is C99H138N20O20. The van der Waals surface area contributed by atoms with Crippen LogP contribution in [0.25, 0.3) is 55.8 Å². The van der Waals surface area contributed by atoms with Crippen LogP contribution in [0.2, 0.25) is 0 Å². The molecule has 1 aliphatic carbocycles. The number of nitrogen functional groups attached to an aromatic ring is 2. The number of nitrogens with zero attached hydrogens (tertiary/aromatic N) is 16. The number of oxazole rings is 1. The number of aliphatic hydroxyl groups excluding tert-OH is 2. The summed E-state index contributed by atoms with van der Waals surface area (Å²) in [5.74, 6) is -7.81. The first-order valence-electron chi connectivity index (χ1n) is 48.6. The number of nitrogens with two attached hydrogens (primary N) is 3. The van der Waals surface area contributed by atoms with Crippen LogP contribution in [0.4, 0.5) is 17.8 Å². The van der Waals surface area contributed by atoms with Crippen molar-refractivity contribution >= 4 is 75.0 Å². The van der Waals surface area contributed by atoms with Gasteiger partial charge in [-0.15, -0.1) is 10.2 Å². The summed E-state index contributed by atoms with van der Waals surface area (Å²) in [6.45, 7) is 18.1. The maximum absolute atomic E-state index is 14.9. The quantitative estimate of drug-likeness (QED) is 0.00840. The first-order chi connectivity index (χ1) is 67.2. The van der Waals surface area contributed by atoms with Crippen molar-refractivity contribution in [2.75, 3.05) is 143 Å².